The van der Waals surface area contributed by atoms with Crippen LogP contribution in [0.2, 0.25) is 0 Å². The van der Waals surface area contributed by atoms with Gasteiger partial charge in [-0.25, -0.2) is 0 Å². The van der Waals surface area contributed by atoms with E-state index in [9.17, 15) is 0 Å². The molecule has 0 unspecified atom stereocenters. The minimum absolute atomic E-state index is 1.36. The Kier molecular flexibility index (Phi) is 8.72. The normalized spacial score (nSPS) is 28.0. The Balaban J connectivity index is 0.000000122. The van der Waals surface area contributed by atoms with E-state index in [1.807, 2.05) is 0 Å². The monoisotopic (exact) mass is 624 g/mol. The van der Waals surface area contributed by atoms with Gasteiger partial charge in [0, 0.05) is 0 Å². The summed E-state index contributed by atoms with van der Waals surface area (Å²) in [5.41, 5.74) is 6.98. The van der Waals surface area contributed by atoms with Gasteiger partial charge in [-0.2, -0.15) is 0 Å². The standard InChI is InChI=1S/2C14H16S4/c2*1-2-6-9(5-1)11-15-13-14(16-11)18-12(17-13)10-7-3-4-8-10/h2*1-8H2. The molecule has 0 N–H and O–H groups in total. The second kappa shape index (κ2) is 12.0. The van der Waals surface area contributed by atoms with Crippen molar-refractivity contribution in [3.05, 3.63) is 56.2 Å². The van der Waals surface area contributed by atoms with Crippen molar-refractivity contribution in [2.24, 2.45) is 0 Å². The van der Waals surface area contributed by atoms with Crippen LogP contribution in [0.3, 0.4) is 0 Å². The van der Waals surface area contributed by atoms with Crippen molar-refractivity contribution in [1.29, 1.82) is 0 Å². The van der Waals surface area contributed by atoms with Gasteiger partial charge in [0.05, 0.1) is 33.9 Å². The Morgan fingerprint density at radius 3 is 0.556 bits per heavy atom. The van der Waals surface area contributed by atoms with Gasteiger partial charge in [0.15, 0.2) is 0 Å². The molecule has 0 aromatic heterocycles. The van der Waals surface area contributed by atoms with Crippen molar-refractivity contribution in [1.82, 2.24) is 0 Å². The molecule has 0 atom stereocenters. The van der Waals surface area contributed by atoms with Gasteiger partial charge in [0.1, 0.15) is 0 Å². The fourth-order valence-corrected chi connectivity index (χ4v) is 19.2. The summed E-state index contributed by atoms with van der Waals surface area (Å²) in [6.45, 7) is 0. The Morgan fingerprint density at radius 2 is 0.389 bits per heavy atom. The van der Waals surface area contributed by atoms with Crippen LogP contribution in [0.15, 0.2) is 56.2 Å². The molecular formula is C28H32S8. The van der Waals surface area contributed by atoms with Gasteiger partial charge in [0.25, 0.3) is 0 Å². The first-order valence-corrected chi connectivity index (χ1v) is 20.1. The summed E-state index contributed by atoms with van der Waals surface area (Å²) in [7, 11) is 0. The zero-order chi connectivity index (χ0) is 23.9. The first-order valence-electron chi connectivity index (χ1n) is 13.6. The van der Waals surface area contributed by atoms with Crippen LogP contribution in [0.4, 0.5) is 0 Å². The van der Waals surface area contributed by atoms with E-state index in [0.29, 0.717) is 0 Å². The zero-order valence-electron chi connectivity index (χ0n) is 20.6. The highest BCUT2D eigenvalue weighted by molar-refractivity contribution is 8.49. The Labute approximate surface area is 250 Å². The molecule has 4 aliphatic heterocycles. The zero-order valence-corrected chi connectivity index (χ0v) is 27.1. The van der Waals surface area contributed by atoms with E-state index in [-0.39, 0.29) is 0 Å². The molecule has 8 aliphatic rings. The quantitative estimate of drug-likeness (QED) is 0.258. The van der Waals surface area contributed by atoms with Gasteiger partial charge < -0.3 is 0 Å². The number of rotatable bonds is 0. The van der Waals surface area contributed by atoms with Crippen molar-refractivity contribution >= 4 is 94.1 Å². The third-order valence-corrected chi connectivity index (χ3v) is 19.7. The molecule has 4 saturated carbocycles. The van der Waals surface area contributed by atoms with Crippen LogP contribution >= 0.6 is 94.1 Å². The molecule has 8 rings (SSSR count). The summed E-state index contributed by atoms with van der Waals surface area (Å²) in [5.74, 6) is 0. The first-order chi connectivity index (χ1) is 17.8. The summed E-state index contributed by atoms with van der Waals surface area (Å²) in [6, 6.07) is 0. The van der Waals surface area contributed by atoms with Gasteiger partial charge >= 0.3 is 0 Å². The molecule has 192 valence electrons. The van der Waals surface area contributed by atoms with Crippen molar-refractivity contribution in [3.8, 4) is 0 Å². The molecule has 0 saturated heterocycles. The molecule has 0 radical (unpaired) electrons. The lowest BCUT2D eigenvalue weighted by Gasteiger charge is -2.07. The highest BCUT2D eigenvalue weighted by Crippen LogP contribution is 2.70. The molecule has 0 aromatic carbocycles. The number of hydrogen-bond donors (Lipinski definition) is 0. The average molecular weight is 625 g/mol. The Morgan fingerprint density at radius 1 is 0.222 bits per heavy atom. The number of thioether (sulfide) groups is 8. The minimum atomic E-state index is 1.36. The molecule has 0 nitrogen and oxygen atoms in total. The van der Waals surface area contributed by atoms with E-state index < -0.39 is 0 Å². The molecule has 4 aliphatic carbocycles. The lowest BCUT2D eigenvalue weighted by Crippen LogP contribution is -1.78. The molecular weight excluding hydrogens is 593 g/mol. The maximum absolute atomic E-state index is 2.07. The molecule has 0 spiro atoms. The smallest absolute Gasteiger partial charge is 0.0716 e. The number of hydrogen-bond acceptors (Lipinski definition) is 8. The van der Waals surface area contributed by atoms with Crippen molar-refractivity contribution < 1.29 is 0 Å². The lowest BCUT2D eigenvalue weighted by atomic mass is 10.3. The highest BCUT2D eigenvalue weighted by atomic mass is 32.3. The van der Waals surface area contributed by atoms with Crippen LogP contribution < -0.4 is 0 Å². The van der Waals surface area contributed by atoms with Gasteiger partial charge in [-0.05, 0) is 125 Å². The summed E-state index contributed by atoms with van der Waals surface area (Å²) < 4.78 is 12.9. The molecule has 0 aromatic rings. The largest absolute Gasteiger partial charge is 0.0736 e. The van der Waals surface area contributed by atoms with Crippen LogP contribution in [0.5, 0.6) is 0 Å². The fourth-order valence-electron chi connectivity index (χ4n) is 5.77. The Hall–Kier alpha value is 1.24. The number of allylic oxidation sites excluding steroid dienone is 4. The van der Waals surface area contributed by atoms with E-state index in [1.165, 1.54) is 103 Å². The van der Waals surface area contributed by atoms with Gasteiger partial charge in [0.2, 0.25) is 0 Å². The highest BCUT2D eigenvalue weighted by Gasteiger charge is 2.35. The second-order valence-corrected chi connectivity index (χ2v) is 20.6. The molecule has 36 heavy (non-hydrogen) atoms. The molecule has 0 bridgehead atoms. The van der Waals surface area contributed by atoms with Crippen LogP contribution in [-0.4, -0.2) is 0 Å². The van der Waals surface area contributed by atoms with E-state index >= 15 is 0 Å². The molecule has 4 fully saturated rings. The van der Waals surface area contributed by atoms with E-state index in [4.69, 9.17) is 0 Å². The summed E-state index contributed by atoms with van der Waals surface area (Å²) >= 11 is 16.6. The fraction of sp³-hybridized carbons (Fsp3) is 0.571. The Bertz CT molecular complexity index is 898. The summed E-state index contributed by atoms with van der Waals surface area (Å²) in [5, 5.41) is 0. The lowest BCUT2D eigenvalue weighted by molar-refractivity contribution is 0.886. The van der Waals surface area contributed by atoms with Gasteiger partial charge in [-0.1, -0.05) is 94.1 Å². The van der Waals surface area contributed by atoms with Crippen molar-refractivity contribution in [2.45, 2.75) is 103 Å². The summed E-state index contributed by atoms with van der Waals surface area (Å²) in [4.78, 5) is 0. The maximum atomic E-state index is 2.07. The average Bonchev–Trinajstić information content (AvgIpc) is 3.72. The van der Waals surface area contributed by atoms with Crippen LogP contribution in [0, 0.1) is 0 Å². The second-order valence-electron chi connectivity index (χ2n) is 10.4. The SMILES string of the molecule is C1CCC(=C2SC3=C(S2)SC(=C2CCCC2)S3)C1.C1CCC(=C2SC3=C(S2)SC(=C2CCCC2)S3)C1. The summed E-state index contributed by atoms with van der Waals surface area (Å²) in [6.07, 6.45) is 22.2. The topological polar surface area (TPSA) is 0 Å². The van der Waals surface area contributed by atoms with Gasteiger partial charge in [-0.3, -0.25) is 0 Å². The molecule has 8 heteroatoms. The third-order valence-electron chi connectivity index (χ3n) is 7.80. The van der Waals surface area contributed by atoms with Gasteiger partial charge in [-0.15, -0.1) is 0 Å². The first kappa shape index (κ1) is 26.2. The van der Waals surface area contributed by atoms with E-state index in [1.54, 1.807) is 56.2 Å². The van der Waals surface area contributed by atoms with E-state index in [0.717, 1.165) is 0 Å². The van der Waals surface area contributed by atoms with Crippen LogP contribution in [0.25, 0.3) is 0 Å². The predicted octanol–water partition coefficient (Wildman–Crippen LogP) is 13.3. The van der Waals surface area contributed by atoms with Crippen molar-refractivity contribution in [3.63, 3.8) is 0 Å². The predicted molar refractivity (Wildman–Crippen MR) is 177 cm³/mol. The minimum Gasteiger partial charge on any atom is -0.0736 e. The molecule has 0 amide bonds. The van der Waals surface area contributed by atoms with E-state index in [2.05, 4.69) is 94.1 Å². The van der Waals surface area contributed by atoms with Crippen LogP contribution in [0.1, 0.15) is 103 Å². The van der Waals surface area contributed by atoms with Crippen molar-refractivity contribution in [2.75, 3.05) is 0 Å². The maximum Gasteiger partial charge on any atom is 0.0716 e. The van der Waals surface area contributed by atoms with Crippen LogP contribution in [-0.2, 0) is 0 Å². The third kappa shape index (κ3) is 5.69. The molecule has 4 heterocycles.